The SMILES string of the molecule is CCNC1CCOCC1Sc1ccc(C(C)C)cc1. The monoisotopic (exact) mass is 279 g/mol. The van der Waals surface area contributed by atoms with Gasteiger partial charge in [0.25, 0.3) is 0 Å². The van der Waals surface area contributed by atoms with E-state index in [4.69, 9.17) is 4.74 Å². The van der Waals surface area contributed by atoms with E-state index in [1.165, 1.54) is 10.5 Å². The maximum absolute atomic E-state index is 5.63. The van der Waals surface area contributed by atoms with E-state index >= 15 is 0 Å². The first-order valence-electron chi connectivity index (χ1n) is 7.28. The highest BCUT2D eigenvalue weighted by Crippen LogP contribution is 2.30. The number of nitrogens with one attached hydrogen (secondary N) is 1. The van der Waals surface area contributed by atoms with Crippen LogP contribution in [-0.2, 0) is 4.74 Å². The van der Waals surface area contributed by atoms with Crippen molar-refractivity contribution in [2.45, 2.75) is 49.3 Å². The Kier molecular flexibility index (Phi) is 5.74. The normalized spacial score (nSPS) is 23.8. The summed E-state index contributed by atoms with van der Waals surface area (Å²) in [5.74, 6) is 0.603. The third-order valence-corrected chi connectivity index (χ3v) is 4.92. The molecule has 1 saturated heterocycles. The van der Waals surface area contributed by atoms with E-state index in [-0.39, 0.29) is 0 Å². The highest BCUT2D eigenvalue weighted by molar-refractivity contribution is 8.00. The van der Waals surface area contributed by atoms with Gasteiger partial charge in [0, 0.05) is 22.8 Å². The van der Waals surface area contributed by atoms with Gasteiger partial charge in [-0.05, 0) is 36.6 Å². The molecule has 0 saturated carbocycles. The van der Waals surface area contributed by atoms with Crippen LogP contribution in [0.15, 0.2) is 29.2 Å². The van der Waals surface area contributed by atoms with Gasteiger partial charge in [0.1, 0.15) is 0 Å². The van der Waals surface area contributed by atoms with E-state index in [2.05, 4.69) is 50.4 Å². The largest absolute Gasteiger partial charge is 0.380 e. The molecule has 1 aromatic carbocycles. The predicted octanol–water partition coefficient (Wildman–Crippen LogP) is 3.67. The summed E-state index contributed by atoms with van der Waals surface area (Å²) in [5, 5.41) is 4.11. The number of rotatable bonds is 5. The van der Waals surface area contributed by atoms with E-state index < -0.39 is 0 Å². The van der Waals surface area contributed by atoms with Gasteiger partial charge in [0.2, 0.25) is 0 Å². The molecule has 1 fully saturated rings. The minimum Gasteiger partial charge on any atom is -0.380 e. The zero-order valence-corrected chi connectivity index (χ0v) is 13.0. The van der Waals surface area contributed by atoms with Gasteiger partial charge in [0.05, 0.1) is 6.61 Å². The average molecular weight is 279 g/mol. The second-order valence-electron chi connectivity index (χ2n) is 5.41. The molecule has 0 bridgehead atoms. The van der Waals surface area contributed by atoms with Gasteiger partial charge in [-0.1, -0.05) is 32.9 Å². The fraction of sp³-hybridized carbons (Fsp3) is 0.625. The summed E-state index contributed by atoms with van der Waals surface area (Å²) in [4.78, 5) is 1.35. The Morgan fingerprint density at radius 3 is 2.68 bits per heavy atom. The Bertz CT molecular complexity index is 375. The maximum Gasteiger partial charge on any atom is 0.0603 e. The summed E-state index contributed by atoms with van der Waals surface area (Å²) in [6.07, 6.45) is 1.12. The van der Waals surface area contributed by atoms with E-state index in [9.17, 15) is 0 Å². The Labute approximate surface area is 121 Å². The summed E-state index contributed by atoms with van der Waals surface area (Å²) in [6, 6.07) is 9.57. The van der Waals surface area contributed by atoms with Crippen LogP contribution in [0.2, 0.25) is 0 Å². The molecule has 2 rings (SSSR count). The summed E-state index contributed by atoms with van der Waals surface area (Å²) in [5.41, 5.74) is 1.41. The van der Waals surface area contributed by atoms with Crippen molar-refractivity contribution in [1.29, 1.82) is 0 Å². The number of thioether (sulfide) groups is 1. The molecule has 0 aromatic heterocycles. The fourth-order valence-corrected chi connectivity index (χ4v) is 3.63. The Morgan fingerprint density at radius 2 is 2.05 bits per heavy atom. The van der Waals surface area contributed by atoms with E-state index in [1.807, 2.05) is 11.8 Å². The van der Waals surface area contributed by atoms with Crippen molar-refractivity contribution in [2.75, 3.05) is 19.8 Å². The Morgan fingerprint density at radius 1 is 1.32 bits per heavy atom. The lowest BCUT2D eigenvalue weighted by Gasteiger charge is -2.31. The summed E-state index contributed by atoms with van der Waals surface area (Å²) in [6.45, 7) is 9.43. The second-order valence-corrected chi connectivity index (χ2v) is 6.72. The van der Waals surface area contributed by atoms with Gasteiger partial charge in [-0.2, -0.15) is 0 Å². The molecule has 2 unspecified atom stereocenters. The molecule has 1 aliphatic rings. The quantitative estimate of drug-likeness (QED) is 0.888. The Hall–Kier alpha value is -0.510. The van der Waals surface area contributed by atoms with Crippen LogP contribution in [0.4, 0.5) is 0 Å². The van der Waals surface area contributed by atoms with Gasteiger partial charge in [-0.3, -0.25) is 0 Å². The second kappa shape index (κ2) is 7.32. The molecule has 1 aromatic rings. The van der Waals surface area contributed by atoms with Crippen molar-refractivity contribution < 1.29 is 4.74 Å². The highest BCUT2D eigenvalue weighted by Gasteiger charge is 2.25. The van der Waals surface area contributed by atoms with Crippen molar-refractivity contribution in [3.05, 3.63) is 29.8 Å². The molecule has 19 heavy (non-hydrogen) atoms. The zero-order chi connectivity index (χ0) is 13.7. The molecule has 1 heterocycles. The lowest BCUT2D eigenvalue weighted by Crippen LogP contribution is -2.44. The summed E-state index contributed by atoms with van der Waals surface area (Å²) >= 11 is 1.95. The lowest BCUT2D eigenvalue weighted by molar-refractivity contribution is 0.0837. The smallest absolute Gasteiger partial charge is 0.0603 e. The summed E-state index contributed by atoms with van der Waals surface area (Å²) < 4.78 is 5.63. The standard InChI is InChI=1S/C16H25NOS/c1-4-17-15-9-10-18-11-16(15)19-14-7-5-13(6-8-14)12(2)3/h5-8,12,15-17H,4,9-11H2,1-3H3. The van der Waals surface area contributed by atoms with Gasteiger partial charge in [-0.25, -0.2) is 0 Å². The average Bonchev–Trinajstić information content (AvgIpc) is 2.42. The first kappa shape index (κ1) is 14.9. The Balaban J connectivity index is 1.98. The zero-order valence-electron chi connectivity index (χ0n) is 12.2. The van der Waals surface area contributed by atoms with E-state index in [0.29, 0.717) is 17.2 Å². The minimum atomic E-state index is 0.526. The van der Waals surface area contributed by atoms with Crippen LogP contribution in [0.1, 0.15) is 38.7 Å². The molecular weight excluding hydrogens is 254 g/mol. The number of hydrogen-bond acceptors (Lipinski definition) is 3. The van der Waals surface area contributed by atoms with Crippen molar-refractivity contribution >= 4 is 11.8 Å². The number of hydrogen-bond donors (Lipinski definition) is 1. The molecule has 0 spiro atoms. The maximum atomic E-state index is 5.63. The van der Waals surface area contributed by atoms with Gasteiger partial charge in [0.15, 0.2) is 0 Å². The van der Waals surface area contributed by atoms with Crippen molar-refractivity contribution in [3.63, 3.8) is 0 Å². The third-order valence-electron chi connectivity index (χ3n) is 3.60. The van der Waals surface area contributed by atoms with Crippen LogP contribution in [0.25, 0.3) is 0 Å². The van der Waals surface area contributed by atoms with E-state index in [0.717, 1.165) is 26.2 Å². The molecule has 0 amide bonds. The van der Waals surface area contributed by atoms with Crippen LogP contribution in [0.3, 0.4) is 0 Å². The molecule has 0 aliphatic carbocycles. The predicted molar refractivity (Wildman–Crippen MR) is 83.1 cm³/mol. The lowest BCUT2D eigenvalue weighted by atomic mass is 10.0. The number of benzene rings is 1. The molecule has 1 N–H and O–H groups in total. The third kappa shape index (κ3) is 4.23. The van der Waals surface area contributed by atoms with Crippen LogP contribution in [0.5, 0.6) is 0 Å². The molecule has 3 heteroatoms. The van der Waals surface area contributed by atoms with Crippen molar-refractivity contribution in [3.8, 4) is 0 Å². The van der Waals surface area contributed by atoms with Gasteiger partial charge in [-0.15, -0.1) is 11.8 Å². The van der Waals surface area contributed by atoms with Crippen molar-refractivity contribution in [1.82, 2.24) is 5.32 Å². The van der Waals surface area contributed by atoms with Gasteiger partial charge >= 0.3 is 0 Å². The van der Waals surface area contributed by atoms with Gasteiger partial charge < -0.3 is 10.1 Å². The van der Waals surface area contributed by atoms with Crippen molar-refractivity contribution in [2.24, 2.45) is 0 Å². The molecule has 2 atom stereocenters. The van der Waals surface area contributed by atoms with Crippen LogP contribution in [-0.4, -0.2) is 31.1 Å². The first-order valence-corrected chi connectivity index (χ1v) is 8.16. The fourth-order valence-electron chi connectivity index (χ4n) is 2.43. The first-order chi connectivity index (χ1) is 9.20. The topological polar surface area (TPSA) is 21.3 Å². The highest BCUT2D eigenvalue weighted by atomic mass is 32.2. The molecular formula is C16H25NOS. The minimum absolute atomic E-state index is 0.526. The van der Waals surface area contributed by atoms with E-state index in [1.54, 1.807) is 0 Å². The molecule has 1 aliphatic heterocycles. The molecule has 2 nitrogen and oxygen atoms in total. The number of ether oxygens (including phenoxy) is 1. The van der Waals surface area contributed by atoms with Crippen LogP contribution in [0, 0.1) is 0 Å². The molecule has 0 radical (unpaired) electrons. The summed E-state index contributed by atoms with van der Waals surface area (Å²) in [7, 11) is 0. The van der Waals surface area contributed by atoms with Crippen LogP contribution < -0.4 is 5.32 Å². The van der Waals surface area contributed by atoms with Crippen LogP contribution >= 0.6 is 11.8 Å². The molecule has 106 valence electrons.